The molecule has 0 saturated carbocycles. The van der Waals surface area contributed by atoms with E-state index in [1.165, 1.54) is 16.3 Å². The van der Waals surface area contributed by atoms with Gasteiger partial charge in [-0.05, 0) is 72.4 Å². The molecule has 0 unspecified atom stereocenters. The van der Waals surface area contributed by atoms with Crippen LogP contribution in [0.15, 0.2) is 192 Å². The zero-order valence-electron chi connectivity index (χ0n) is 30.6. The van der Waals surface area contributed by atoms with E-state index in [1.54, 1.807) is 0 Å². The van der Waals surface area contributed by atoms with E-state index in [0.717, 1.165) is 87.3 Å². The lowest BCUT2D eigenvalue weighted by Crippen LogP contribution is -2.01. The molecule has 0 bridgehead atoms. The first-order valence-electron chi connectivity index (χ1n) is 19.3. The maximum atomic E-state index is 6.64. The van der Waals surface area contributed by atoms with Crippen LogP contribution in [0.25, 0.3) is 121 Å². The van der Waals surface area contributed by atoms with Gasteiger partial charge in [-0.1, -0.05) is 170 Å². The van der Waals surface area contributed by atoms with Crippen molar-refractivity contribution < 1.29 is 4.42 Å². The van der Waals surface area contributed by atoms with Gasteiger partial charge < -0.3 is 4.42 Å². The summed E-state index contributed by atoms with van der Waals surface area (Å²) in [6.45, 7) is 0. The second-order valence-electron chi connectivity index (χ2n) is 14.7. The molecule has 12 rings (SSSR count). The molecule has 2 aromatic heterocycles. The van der Waals surface area contributed by atoms with Crippen molar-refractivity contribution in [3.8, 4) is 45.3 Å². The second-order valence-corrected chi connectivity index (χ2v) is 14.7. The van der Waals surface area contributed by atoms with Crippen molar-refractivity contribution in [3.05, 3.63) is 188 Å². The maximum Gasteiger partial charge on any atom is 0.164 e. The van der Waals surface area contributed by atoms with Gasteiger partial charge in [-0.2, -0.15) is 0 Å². The van der Waals surface area contributed by atoms with Crippen molar-refractivity contribution in [3.63, 3.8) is 0 Å². The lowest BCUT2D eigenvalue weighted by atomic mass is 9.94. The zero-order valence-corrected chi connectivity index (χ0v) is 30.6. The molecule has 10 aromatic carbocycles. The molecule has 4 nitrogen and oxygen atoms in total. The SMILES string of the molecule is c1ccc(-c2ccc(-c3nc(-c4cc5ccccc5c5ccccc45)nc(-c4cccc5c4ccc4ccc6oc7c8ccccc8ccc7c6c45)n3)cc2)cc1. The summed E-state index contributed by atoms with van der Waals surface area (Å²) in [5, 5.41) is 13.6. The molecule has 264 valence electrons. The van der Waals surface area contributed by atoms with Gasteiger partial charge >= 0.3 is 0 Å². The lowest BCUT2D eigenvalue weighted by Gasteiger charge is -2.14. The fourth-order valence-corrected chi connectivity index (χ4v) is 8.80. The second kappa shape index (κ2) is 12.4. The Balaban J connectivity index is 1.12. The Bertz CT molecular complexity index is 3570. The maximum absolute atomic E-state index is 6.64. The minimum absolute atomic E-state index is 0.625. The minimum Gasteiger partial charge on any atom is -0.455 e. The van der Waals surface area contributed by atoms with Gasteiger partial charge in [0.2, 0.25) is 0 Å². The van der Waals surface area contributed by atoms with Crippen molar-refractivity contribution in [1.82, 2.24) is 15.0 Å². The predicted molar refractivity (Wildman–Crippen MR) is 236 cm³/mol. The van der Waals surface area contributed by atoms with Crippen molar-refractivity contribution in [2.75, 3.05) is 0 Å². The average molecular weight is 726 g/mol. The molecule has 0 saturated heterocycles. The number of nitrogens with zero attached hydrogens (tertiary/aromatic N) is 3. The lowest BCUT2D eigenvalue weighted by molar-refractivity contribution is 0.673. The van der Waals surface area contributed by atoms with Gasteiger partial charge in [0, 0.05) is 38.2 Å². The summed E-state index contributed by atoms with van der Waals surface area (Å²) in [7, 11) is 0. The minimum atomic E-state index is 0.625. The molecule has 0 N–H and O–H groups in total. The van der Waals surface area contributed by atoms with E-state index < -0.39 is 0 Å². The van der Waals surface area contributed by atoms with Gasteiger partial charge in [-0.25, -0.2) is 15.0 Å². The molecule has 4 heteroatoms. The fourth-order valence-electron chi connectivity index (χ4n) is 8.80. The average Bonchev–Trinajstić information content (AvgIpc) is 3.68. The Morgan fingerprint density at radius 2 is 0.877 bits per heavy atom. The molecule has 0 atom stereocenters. The number of furan rings is 1. The number of hydrogen-bond acceptors (Lipinski definition) is 4. The van der Waals surface area contributed by atoms with E-state index in [2.05, 4.69) is 182 Å². The quantitative estimate of drug-likeness (QED) is 0.170. The van der Waals surface area contributed by atoms with Crippen molar-refractivity contribution in [1.29, 1.82) is 0 Å². The topological polar surface area (TPSA) is 51.8 Å². The first kappa shape index (κ1) is 31.6. The van der Waals surface area contributed by atoms with E-state index in [-0.39, 0.29) is 0 Å². The van der Waals surface area contributed by atoms with E-state index in [9.17, 15) is 0 Å². The molecule has 0 amide bonds. The van der Waals surface area contributed by atoms with Gasteiger partial charge in [0.1, 0.15) is 11.2 Å². The van der Waals surface area contributed by atoms with Gasteiger partial charge in [0.05, 0.1) is 0 Å². The normalized spacial score (nSPS) is 11.9. The van der Waals surface area contributed by atoms with Gasteiger partial charge in [0.15, 0.2) is 17.5 Å². The first-order chi connectivity index (χ1) is 28.2. The zero-order chi connectivity index (χ0) is 37.5. The number of benzene rings is 10. The smallest absolute Gasteiger partial charge is 0.164 e. The highest BCUT2D eigenvalue weighted by atomic mass is 16.3. The molecule has 0 aliphatic heterocycles. The Labute approximate surface area is 327 Å². The Hall–Kier alpha value is -7.69. The highest BCUT2D eigenvalue weighted by Gasteiger charge is 2.20. The van der Waals surface area contributed by atoms with E-state index in [0.29, 0.717) is 17.5 Å². The van der Waals surface area contributed by atoms with Crippen LogP contribution < -0.4 is 0 Å². The number of rotatable bonds is 4. The predicted octanol–water partition coefficient (Wildman–Crippen LogP) is 14.2. The van der Waals surface area contributed by atoms with Gasteiger partial charge in [0.25, 0.3) is 0 Å². The number of hydrogen-bond donors (Lipinski definition) is 0. The third-order valence-electron chi connectivity index (χ3n) is 11.5. The van der Waals surface area contributed by atoms with Gasteiger partial charge in [-0.15, -0.1) is 0 Å². The molecular weight excluding hydrogens is 695 g/mol. The third-order valence-corrected chi connectivity index (χ3v) is 11.5. The molecule has 0 aliphatic carbocycles. The molecule has 0 spiro atoms. The van der Waals surface area contributed by atoms with Crippen molar-refractivity contribution in [2.24, 2.45) is 0 Å². The van der Waals surface area contributed by atoms with E-state index >= 15 is 0 Å². The van der Waals surface area contributed by atoms with Crippen molar-refractivity contribution >= 4 is 75.8 Å². The molecule has 12 aromatic rings. The van der Waals surface area contributed by atoms with Crippen LogP contribution >= 0.6 is 0 Å². The third kappa shape index (κ3) is 4.98. The largest absolute Gasteiger partial charge is 0.455 e. The Morgan fingerprint density at radius 1 is 0.298 bits per heavy atom. The highest BCUT2D eigenvalue weighted by molar-refractivity contribution is 6.29. The number of fused-ring (bicyclic) bond motifs is 12. The summed E-state index contributed by atoms with van der Waals surface area (Å²) < 4.78 is 6.64. The summed E-state index contributed by atoms with van der Waals surface area (Å²) in [6.07, 6.45) is 0. The van der Waals surface area contributed by atoms with E-state index in [1.807, 2.05) is 6.07 Å². The first-order valence-corrected chi connectivity index (χ1v) is 19.3. The molecule has 2 heterocycles. The highest BCUT2D eigenvalue weighted by Crippen LogP contribution is 2.43. The Morgan fingerprint density at radius 3 is 1.72 bits per heavy atom. The van der Waals surface area contributed by atoms with Crippen LogP contribution in [-0.4, -0.2) is 15.0 Å². The summed E-state index contributed by atoms with van der Waals surface area (Å²) in [6, 6.07) is 66.2. The molecule has 0 fully saturated rings. The Kier molecular flexibility index (Phi) is 6.89. The molecular formula is C53H31N3O. The molecule has 0 radical (unpaired) electrons. The fraction of sp³-hybridized carbons (Fsp3) is 0. The van der Waals surface area contributed by atoms with Crippen LogP contribution in [0.2, 0.25) is 0 Å². The van der Waals surface area contributed by atoms with Crippen LogP contribution in [0.4, 0.5) is 0 Å². The molecule has 57 heavy (non-hydrogen) atoms. The summed E-state index contributed by atoms with van der Waals surface area (Å²) >= 11 is 0. The molecule has 0 aliphatic rings. The number of aromatic nitrogens is 3. The van der Waals surface area contributed by atoms with Gasteiger partial charge in [-0.3, -0.25) is 0 Å². The van der Waals surface area contributed by atoms with Crippen molar-refractivity contribution in [2.45, 2.75) is 0 Å². The monoisotopic (exact) mass is 725 g/mol. The van der Waals surface area contributed by atoms with Crippen LogP contribution in [0.1, 0.15) is 0 Å². The van der Waals surface area contributed by atoms with Crippen LogP contribution in [0, 0.1) is 0 Å². The van der Waals surface area contributed by atoms with Crippen LogP contribution in [0.3, 0.4) is 0 Å². The van der Waals surface area contributed by atoms with Crippen LogP contribution in [0.5, 0.6) is 0 Å². The standard InChI is InChI=1S/C53H31N3O/c1-2-11-32(12-3-1)33-21-23-36(24-22-33)51-54-52(56-53(55-51)46-31-37-14-5-6-15-38(37)40-17-8-9-18-41(40)46)44-20-10-19-43-42(44)28-26-35-27-30-47-49(48(35)43)45-29-25-34-13-4-7-16-39(34)50(45)57-47/h1-31H. The summed E-state index contributed by atoms with van der Waals surface area (Å²) in [5.41, 5.74) is 6.94. The van der Waals surface area contributed by atoms with E-state index in [4.69, 9.17) is 19.4 Å². The summed E-state index contributed by atoms with van der Waals surface area (Å²) in [4.78, 5) is 15.9. The summed E-state index contributed by atoms with van der Waals surface area (Å²) in [5.74, 6) is 1.89. The van der Waals surface area contributed by atoms with Crippen LogP contribution in [-0.2, 0) is 0 Å².